The van der Waals surface area contributed by atoms with Crippen LogP contribution < -0.4 is 20.1 Å². The number of para-hydroxylation sites is 3. The highest BCUT2D eigenvalue weighted by Gasteiger charge is 2.12. The Bertz CT molecular complexity index is 731. The number of hydrogen-bond donors (Lipinski definition) is 2. The second-order valence-electron chi connectivity index (χ2n) is 5.34. The molecule has 2 amide bonds. The molecule has 0 unspecified atom stereocenters. The van der Waals surface area contributed by atoms with Crippen molar-refractivity contribution in [2.75, 3.05) is 26.1 Å². The van der Waals surface area contributed by atoms with E-state index >= 15 is 0 Å². The third kappa shape index (κ3) is 5.53. The van der Waals surface area contributed by atoms with Gasteiger partial charge in [-0.05, 0) is 30.2 Å². The average Bonchev–Trinajstić information content (AvgIpc) is 2.62. The van der Waals surface area contributed by atoms with E-state index in [2.05, 4.69) is 10.6 Å². The Balaban J connectivity index is 1.79. The lowest BCUT2D eigenvalue weighted by atomic mass is 10.1. The Labute approximate surface area is 147 Å². The zero-order chi connectivity index (χ0) is 18.1. The number of nitrogens with one attached hydrogen (secondary N) is 2. The monoisotopic (exact) mass is 342 g/mol. The summed E-state index contributed by atoms with van der Waals surface area (Å²) in [6, 6.07) is 14.7. The summed E-state index contributed by atoms with van der Waals surface area (Å²) in [7, 11) is 3.13. The van der Waals surface area contributed by atoms with E-state index in [1.165, 1.54) is 7.11 Å². The molecule has 0 aliphatic rings. The Morgan fingerprint density at radius 1 is 0.880 bits per heavy atom. The van der Waals surface area contributed by atoms with Gasteiger partial charge in [0, 0.05) is 6.54 Å². The van der Waals surface area contributed by atoms with Crippen LogP contribution in [-0.4, -0.2) is 32.6 Å². The van der Waals surface area contributed by atoms with Crippen LogP contribution in [0.15, 0.2) is 48.5 Å². The predicted molar refractivity (Wildman–Crippen MR) is 95.9 cm³/mol. The highest BCUT2D eigenvalue weighted by molar-refractivity contribution is 6.04. The first-order chi connectivity index (χ1) is 12.1. The van der Waals surface area contributed by atoms with E-state index < -0.39 is 0 Å². The molecule has 2 N–H and O–H groups in total. The summed E-state index contributed by atoms with van der Waals surface area (Å²) >= 11 is 0. The number of methoxy groups -OCH3 is 2. The molecule has 2 aromatic rings. The molecule has 0 aliphatic carbocycles. The van der Waals surface area contributed by atoms with Gasteiger partial charge in [-0.25, -0.2) is 0 Å². The quantitative estimate of drug-likeness (QED) is 0.722. The van der Waals surface area contributed by atoms with Gasteiger partial charge < -0.3 is 20.1 Å². The van der Waals surface area contributed by atoms with Gasteiger partial charge in [0.05, 0.1) is 19.9 Å². The molecule has 0 spiro atoms. The molecule has 6 heteroatoms. The fourth-order valence-electron chi connectivity index (χ4n) is 2.40. The smallest absolute Gasteiger partial charge is 0.233 e. The molecule has 0 aromatic heterocycles. The van der Waals surface area contributed by atoms with Crippen molar-refractivity contribution in [3.8, 4) is 11.5 Å². The summed E-state index contributed by atoms with van der Waals surface area (Å²) in [4.78, 5) is 23.9. The second kappa shape index (κ2) is 9.32. The lowest BCUT2D eigenvalue weighted by molar-refractivity contribution is -0.126. The minimum absolute atomic E-state index is 0.246. The van der Waals surface area contributed by atoms with E-state index in [-0.39, 0.29) is 18.2 Å². The molecule has 0 saturated carbocycles. The number of rotatable bonds is 8. The van der Waals surface area contributed by atoms with Crippen molar-refractivity contribution in [3.05, 3.63) is 54.1 Å². The second-order valence-corrected chi connectivity index (χ2v) is 5.34. The number of amides is 2. The first-order valence-corrected chi connectivity index (χ1v) is 7.95. The first-order valence-electron chi connectivity index (χ1n) is 7.95. The minimum atomic E-state index is -0.390. The molecule has 2 rings (SSSR count). The van der Waals surface area contributed by atoms with Crippen molar-refractivity contribution >= 4 is 17.5 Å². The Morgan fingerprint density at radius 2 is 1.52 bits per heavy atom. The Morgan fingerprint density at radius 3 is 2.24 bits per heavy atom. The Kier molecular flexibility index (Phi) is 6.83. The molecular weight excluding hydrogens is 320 g/mol. The van der Waals surface area contributed by atoms with Crippen molar-refractivity contribution in [2.24, 2.45) is 0 Å². The van der Waals surface area contributed by atoms with E-state index in [4.69, 9.17) is 9.47 Å². The van der Waals surface area contributed by atoms with Crippen LogP contribution in [0.3, 0.4) is 0 Å². The lowest BCUT2D eigenvalue weighted by Crippen LogP contribution is -2.29. The molecule has 132 valence electrons. The van der Waals surface area contributed by atoms with Crippen LogP contribution in [0, 0.1) is 0 Å². The highest BCUT2D eigenvalue weighted by atomic mass is 16.5. The zero-order valence-corrected chi connectivity index (χ0v) is 14.4. The van der Waals surface area contributed by atoms with E-state index in [1.807, 2.05) is 24.3 Å². The minimum Gasteiger partial charge on any atom is -0.496 e. The molecule has 0 heterocycles. The van der Waals surface area contributed by atoms with Crippen molar-refractivity contribution in [1.29, 1.82) is 0 Å². The van der Waals surface area contributed by atoms with Gasteiger partial charge in [-0.3, -0.25) is 9.59 Å². The molecule has 0 bridgehead atoms. The van der Waals surface area contributed by atoms with Crippen LogP contribution >= 0.6 is 0 Å². The predicted octanol–water partition coefficient (Wildman–Crippen LogP) is 2.39. The third-order valence-corrected chi connectivity index (χ3v) is 3.61. The van der Waals surface area contributed by atoms with E-state index in [1.54, 1.807) is 31.4 Å². The fourth-order valence-corrected chi connectivity index (χ4v) is 2.40. The molecule has 0 saturated heterocycles. The van der Waals surface area contributed by atoms with Gasteiger partial charge in [0.15, 0.2) is 0 Å². The SMILES string of the molecule is COc1ccccc1CCNC(=O)CC(=O)Nc1ccccc1OC. The summed E-state index contributed by atoms with van der Waals surface area (Å²) in [5, 5.41) is 5.42. The Hall–Kier alpha value is -3.02. The number of carbonyl (C=O) groups excluding carboxylic acids is 2. The maximum atomic E-state index is 12.0. The molecule has 25 heavy (non-hydrogen) atoms. The number of hydrogen-bond acceptors (Lipinski definition) is 4. The van der Waals surface area contributed by atoms with Crippen molar-refractivity contribution in [2.45, 2.75) is 12.8 Å². The molecule has 0 fully saturated rings. The number of carbonyl (C=O) groups is 2. The average molecular weight is 342 g/mol. The van der Waals surface area contributed by atoms with Crippen molar-refractivity contribution in [1.82, 2.24) is 5.32 Å². The van der Waals surface area contributed by atoms with E-state index in [0.717, 1.165) is 11.3 Å². The van der Waals surface area contributed by atoms with Gasteiger partial charge in [0.2, 0.25) is 11.8 Å². The summed E-state index contributed by atoms with van der Waals surface area (Å²) in [6.07, 6.45) is 0.383. The van der Waals surface area contributed by atoms with Gasteiger partial charge in [-0.15, -0.1) is 0 Å². The highest BCUT2D eigenvalue weighted by Crippen LogP contribution is 2.23. The summed E-state index contributed by atoms with van der Waals surface area (Å²) < 4.78 is 10.4. The number of anilines is 1. The fraction of sp³-hybridized carbons (Fsp3) is 0.263. The van der Waals surface area contributed by atoms with Crippen LogP contribution in [0.1, 0.15) is 12.0 Å². The summed E-state index contributed by atoms with van der Waals surface area (Å²) in [5.41, 5.74) is 1.54. The normalized spacial score (nSPS) is 10.0. The third-order valence-electron chi connectivity index (χ3n) is 3.61. The maximum absolute atomic E-state index is 12.0. The molecular formula is C19H22N2O4. The van der Waals surface area contributed by atoms with Crippen LogP contribution in [0.5, 0.6) is 11.5 Å². The molecule has 0 atom stereocenters. The van der Waals surface area contributed by atoms with E-state index in [9.17, 15) is 9.59 Å². The topological polar surface area (TPSA) is 76.7 Å². The molecule has 6 nitrogen and oxygen atoms in total. The van der Waals surface area contributed by atoms with Crippen LogP contribution in [0.2, 0.25) is 0 Å². The molecule has 2 aromatic carbocycles. The van der Waals surface area contributed by atoms with Crippen LogP contribution in [0.4, 0.5) is 5.69 Å². The lowest BCUT2D eigenvalue weighted by Gasteiger charge is -2.11. The molecule has 0 radical (unpaired) electrons. The van der Waals surface area contributed by atoms with Crippen molar-refractivity contribution < 1.29 is 19.1 Å². The molecule has 0 aliphatic heterocycles. The largest absolute Gasteiger partial charge is 0.496 e. The van der Waals surface area contributed by atoms with Crippen molar-refractivity contribution in [3.63, 3.8) is 0 Å². The van der Waals surface area contributed by atoms with Gasteiger partial charge in [0.1, 0.15) is 17.9 Å². The number of benzene rings is 2. The first kappa shape index (κ1) is 18.3. The van der Waals surface area contributed by atoms with E-state index in [0.29, 0.717) is 24.4 Å². The standard InChI is InChI=1S/C19H22N2O4/c1-24-16-9-5-3-7-14(16)11-12-20-18(22)13-19(23)21-15-8-4-6-10-17(15)25-2/h3-10H,11-13H2,1-2H3,(H,20,22)(H,21,23). The van der Waals surface area contributed by atoms with Crippen LogP contribution in [0.25, 0.3) is 0 Å². The van der Waals surface area contributed by atoms with Gasteiger partial charge in [-0.1, -0.05) is 30.3 Å². The van der Waals surface area contributed by atoms with Gasteiger partial charge in [0.25, 0.3) is 0 Å². The van der Waals surface area contributed by atoms with Gasteiger partial charge >= 0.3 is 0 Å². The van der Waals surface area contributed by atoms with Crippen LogP contribution in [-0.2, 0) is 16.0 Å². The maximum Gasteiger partial charge on any atom is 0.233 e. The van der Waals surface area contributed by atoms with Gasteiger partial charge in [-0.2, -0.15) is 0 Å². The number of ether oxygens (including phenoxy) is 2. The summed E-state index contributed by atoms with van der Waals surface area (Å²) in [5.74, 6) is 0.611. The summed E-state index contributed by atoms with van der Waals surface area (Å²) in [6.45, 7) is 0.432. The zero-order valence-electron chi connectivity index (χ0n) is 14.4.